The van der Waals surface area contributed by atoms with Gasteiger partial charge in [0.2, 0.25) is 0 Å². The minimum absolute atomic E-state index is 0.138. The van der Waals surface area contributed by atoms with Gasteiger partial charge in [0.05, 0.1) is 12.1 Å². The predicted octanol–water partition coefficient (Wildman–Crippen LogP) is 0.548. The van der Waals surface area contributed by atoms with Gasteiger partial charge in [-0.3, -0.25) is 9.78 Å². The van der Waals surface area contributed by atoms with Crippen LogP contribution in [0.25, 0.3) is 0 Å². The number of hydrogen-bond acceptors (Lipinski definition) is 4. The van der Waals surface area contributed by atoms with Crippen LogP contribution in [0.2, 0.25) is 0 Å². The second-order valence-electron chi connectivity index (χ2n) is 3.92. The number of carbonyl (C=O) groups excluding carboxylic acids is 1. The quantitative estimate of drug-likeness (QED) is 0.579. The normalized spacial score (nSPS) is 9.58. The van der Waals surface area contributed by atoms with E-state index in [4.69, 9.17) is 10.5 Å². The molecule has 0 atom stereocenters. The number of ether oxygens (including phenoxy) is 1. The third-order valence-corrected chi connectivity index (χ3v) is 2.40. The van der Waals surface area contributed by atoms with Gasteiger partial charge in [0.15, 0.2) is 0 Å². The number of pyridine rings is 1. The molecule has 0 fully saturated rings. The molecule has 0 unspecified atom stereocenters. The van der Waals surface area contributed by atoms with Gasteiger partial charge in [0.1, 0.15) is 0 Å². The number of amides is 1. The fourth-order valence-corrected chi connectivity index (χ4v) is 1.46. The van der Waals surface area contributed by atoms with E-state index >= 15 is 0 Å². The molecule has 0 bridgehead atoms. The lowest BCUT2D eigenvalue weighted by Crippen LogP contribution is -2.24. The average molecular weight is 261 g/mol. The van der Waals surface area contributed by atoms with Crippen LogP contribution < -0.4 is 11.1 Å². The zero-order chi connectivity index (χ0) is 13.9. The molecule has 0 radical (unpaired) electrons. The largest absolute Gasteiger partial charge is 0.385 e. The van der Waals surface area contributed by atoms with Gasteiger partial charge in [0, 0.05) is 38.2 Å². The van der Waals surface area contributed by atoms with E-state index in [2.05, 4.69) is 22.1 Å². The molecule has 0 aliphatic heterocycles. The van der Waals surface area contributed by atoms with Crippen LogP contribution in [-0.4, -0.2) is 37.7 Å². The van der Waals surface area contributed by atoms with Crippen molar-refractivity contribution in [3.05, 3.63) is 29.6 Å². The fourth-order valence-electron chi connectivity index (χ4n) is 1.46. The number of hydrogen-bond donors (Lipinski definition) is 2. The Labute approximate surface area is 113 Å². The van der Waals surface area contributed by atoms with Crippen LogP contribution in [0, 0.1) is 11.8 Å². The van der Waals surface area contributed by atoms with Crippen LogP contribution in [-0.2, 0) is 4.74 Å². The molecule has 0 aromatic carbocycles. The Bertz CT molecular complexity index is 463. The summed E-state index contributed by atoms with van der Waals surface area (Å²) in [4.78, 5) is 15.8. The Hall–Kier alpha value is -1.90. The molecule has 1 rings (SSSR count). The molecule has 3 N–H and O–H groups in total. The van der Waals surface area contributed by atoms with E-state index in [-0.39, 0.29) is 12.5 Å². The minimum atomic E-state index is -0.138. The lowest BCUT2D eigenvalue weighted by atomic mass is 10.2. The molecule has 1 amide bonds. The Balaban J connectivity index is 2.48. The molecule has 1 heterocycles. The molecule has 0 spiro atoms. The van der Waals surface area contributed by atoms with Crippen molar-refractivity contribution in [1.82, 2.24) is 10.3 Å². The first kappa shape index (κ1) is 15.2. The maximum Gasteiger partial charge on any atom is 0.252 e. The third-order valence-electron chi connectivity index (χ3n) is 2.40. The van der Waals surface area contributed by atoms with Gasteiger partial charge < -0.3 is 15.8 Å². The summed E-state index contributed by atoms with van der Waals surface area (Å²) in [5, 5.41) is 2.83. The van der Waals surface area contributed by atoms with Crippen molar-refractivity contribution in [3.8, 4) is 11.8 Å². The standard InChI is InChI=1S/C14H19N3O2/c1-19-8-3-2-7-17-14(18)13-9-12(5-4-6-15)10-16-11-13/h9-11H,2-3,6-8,15H2,1H3,(H,17,18). The molecule has 102 valence electrons. The summed E-state index contributed by atoms with van der Waals surface area (Å²) in [6.45, 7) is 1.62. The summed E-state index contributed by atoms with van der Waals surface area (Å²) in [6, 6.07) is 1.71. The van der Waals surface area contributed by atoms with E-state index in [0.29, 0.717) is 24.3 Å². The average Bonchev–Trinajstić information content (AvgIpc) is 2.45. The smallest absolute Gasteiger partial charge is 0.252 e. The molecule has 5 nitrogen and oxygen atoms in total. The van der Waals surface area contributed by atoms with Gasteiger partial charge in [-0.1, -0.05) is 11.8 Å². The molecule has 0 saturated heterocycles. The number of methoxy groups -OCH3 is 1. The Morgan fingerprint density at radius 3 is 3.05 bits per heavy atom. The predicted molar refractivity (Wildman–Crippen MR) is 73.6 cm³/mol. The third kappa shape index (κ3) is 6.00. The highest BCUT2D eigenvalue weighted by Crippen LogP contribution is 2.01. The molecule has 1 aromatic rings. The zero-order valence-electron chi connectivity index (χ0n) is 11.1. The van der Waals surface area contributed by atoms with Gasteiger partial charge in [-0.05, 0) is 18.9 Å². The number of aromatic nitrogens is 1. The number of nitrogens with one attached hydrogen (secondary N) is 1. The highest BCUT2D eigenvalue weighted by atomic mass is 16.5. The van der Waals surface area contributed by atoms with Gasteiger partial charge in [-0.15, -0.1) is 0 Å². The summed E-state index contributed by atoms with van der Waals surface area (Å²) in [5.74, 6) is 5.44. The number of unbranched alkanes of at least 4 members (excludes halogenated alkanes) is 1. The van der Waals surface area contributed by atoms with Gasteiger partial charge in [-0.25, -0.2) is 0 Å². The molecular formula is C14H19N3O2. The molecule has 0 saturated carbocycles. The van der Waals surface area contributed by atoms with Gasteiger partial charge in [-0.2, -0.15) is 0 Å². The van der Waals surface area contributed by atoms with Crippen molar-refractivity contribution in [3.63, 3.8) is 0 Å². The summed E-state index contributed by atoms with van der Waals surface area (Å²) >= 11 is 0. The lowest BCUT2D eigenvalue weighted by Gasteiger charge is -2.05. The lowest BCUT2D eigenvalue weighted by molar-refractivity contribution is 0.0951. The molecule has 5 heteroatoms. The van der Waals surface area contributed by atoms with Crippen molar-refractivity contribution in [1.29, 1.82) is 0 Å². The van der Waals surface area contributed by atoms with Crippen molar-refractivity contribution in [2.75, 3.05) is 26.8 Å². The summed E-state index contributed by atoms with van der Waals surface area (Å²) in [6.07, 6.45) is 4.95. The number of nitrogens with two attached hydrogens (primary N) is 1. The maximum absolute atomic E-state index is 11.8. The van der Waals surface area contributed by atoms with Crippen LogP contribution in [0.15, 0.2) is 18.5 Å². The first-order chi connectivity index (χ1) is 9.27. The first-order valence-corrected chi connectivity index (χ1v) is 6.19. The second kappa shape index (κ2) is 9.09. The van der Waals surface area contributed by atoms with Gasteiger partial charge >= 0.3 is 0 Å². The SMILES string of the molecule is COCCCCNC(=O)c1cncc(C#CCN)c1. The van der Waals surface area contributed by atoms with E-state index in [1.165, 1.54) is 6.20 Å². The van der Waals surface area contributed by atoms with Gasteiger partial charge in [0.25, 0.3) is 5.91 Å². The topological polar surface area (TPSA) is 77.2 Å². The van der Waals surface area contributed by atoms with Crippen LogP contribution >= 0.6 is 0 Å². The van der Waals surface area contributed by atoms with Crippen LogP contribution in [0.5, 0.6) is 0 Å². The van der Waals surface area contributed by atoms with E-state index in [0.717, 1.165) is 12.8 Å². The van der Waals surface area contributed by atoms with E-state index in [1.54, 1.807) is 19.4 Å². The highest BCUT2D eigenvalue weighted by Gasteiger charge is 2.05. The highest BCUT2D eigenvalue weighted by molar-refractivity contribution is 5.94. The van der Waals surface area contributed by atoms with Crippen LogP contribution in [0.3, 0.4) is 0 Å². The molecule has 1 aromatic heterocycles. The summed E-state index contributed by atoms with van der Waals surface area (Å²) < 4.78 is 4.94. The fraction of sp³-hybridized carbons (Fsp3) is 0.429. The first-order valence-electron chi connectivity index (χ1n) is 6.19. The molecule has 19 heavy (non-hydrogen) atoms. The summed E-state index contributed by atoms with van der Waals surface area (Å²) in [7, 11) is 1.66. The second-order valence-corrected chi connectivity index (χ2v) is 3.92. The number of nitrogens with zero attached hydrogens (tertiary/aromatic N) is 1. The van der Waals surface area contributed by atoms with E-state index in [1.807, 2.05) is 0 Å². The monoisotopic (exact) mass is 261 g/mol. The Morgan fingerprint density at radius 1 is 1.47 bits per heavy atom. The van der Waals surface area contributed by atoms with Crippen molar-refractivity contribution >= 4 is 5.91 Å². The Morgan fingerprint density at radius 2 is 2.32 bits per heavy atom. The molecule has 0 aliphatic rings. The van der Waals surface area contributed by atoms with Crippen molar-refractivity contribution in [2.24, 2.45) is 5.73 Å². The maximum atomic E-state index is 11.8. The van der Waals surface area contributed by atoms with E-state index < -0.39 is 0 Å². The van der Waals surface area contributed by atoms with Crippen molar-refractivity contribution < 1.29 is 9.53 Å². The van der Waals surface area contributed by atoms with Crippen LogP contribution in [0.1, 0.15) is 28.8 Å². The number of rotatable bonds is 6. The van der Waals surface area contributed by atoms with Crippen molar-refractivity contribution in [2.45, 2.75) is 12.8 Å². The molecular weight excluding hydrogens is 242 g/mol. The Kier molecular flexibility index (Phi) is 7.25. The molecule has 0 aliphatic carbocycles. The summed E-state index contributed by atoms with van der Waals surface area (Å²) in [5.41, 5.74) is 6.50. The number of carbonyl (C=O) groups is 1. The van der Waals surface area contributed by atoms with E-state index in [9.17, 15) is 4.79 Å². The van der Waals surface area contributed by atoms with Crippen LogP contribution in [0.4, 0.5) is 0 Å². The minimum Gasteiger partial charge on any atom is -0.385 e. The zero-order valence-corrected chi connectivity index (χ0v) is 11.1.